The number of carbonyl (C=O) groups is 2. The number of alkyl halides is 3. The third-order valence-electron chi connectivity index (χ3n) is 5.83. The predicted octanol–water partition coefficient (Wildman–Crippen LogP) is 3.23. The lowest BCUT2D eigenvalue weighted by Gasteiger charge is -2.33. The number of carboxylic acids is 1. The molecule has 2 atom stereocenters. The van der Waals surface area contributed by atoms with Crippen molar-refractivity contribution in [2.45, 2.75) is 37.3 Å². The van der Waals surface area contributed by atoms with Gasteiger partial charge in [0.15, 0.2) is 0 Å². The molecule has 1 aliphatic heterocycles. The molecule has 1 saturated carbocycles. The molecule has 1 aliphatic carbocycles. The number of nitrogens with zero attached hydrogens (tertiary/aromatic N) is 1. The van der Waals surface area contributed by atoms with Gasteiger partial charge in [-0.3, -0.25) is 9.59 Å². The summed E-state index contributed by atoms with van der Waals surface area (Å²) in [6.07, 6.45) is -2.01. The molecule has 8 heteroatoms. The summed E-state index contributed by atoms with van der Waals surface area (Å²) in [6.45, 7) is -1.02. The molecule has 5 nitrogen and oxygen atoms in total. The fourth-order valence-corrected chi connectivity index (χ4v) is 4.38. The number of rotatable bonds is 4. The fourth-order valence-electron chi connectivity index (χ4n) is 4.38. The van der Waals surface area contributed by atoms with E-state index in [-0.39, 0.29) is 0 Å². The largest absolute Gasteiger partial charge is 0.497 e. The molecule has 1 N–H and O–H groups in total. The maximum absolute atomic E-state index is 13.3. The lowest BCUT2D eigenvalue weighted by atomic mass is 9.77. The van der Waals surface area contributed by atoms with E-state index in [9.17, 15) is 27.9 Å². The van der Waals surface area contributed by atoms with Crippen LogP contribution in [0.4, 0.5) is 13.2 Å². The highest BCUT2D eigenvalue weighted by Crippen LogP contribution is 2.46. The zero-order chi connectivity index (χ0) is 19.8. The van der Waals surface area contributed by atoms with Crippen molar-refractivity contribution in [2.75, 3.05) is 20.2 Å². The summed E-state index contributed by atoms with van der Waals surface area (Å²) < 4.78 is 45.1. The Morgan fingerprint density at radius 2 is 1.89 bits per heavy atom. The molecule has 2 aliphatic rings. The van der Waals surface area contributed by atoms with Gasteiger partial charge in [-0.05, 0) is 30.5 Å². The smallest absolute Gasteiger partial charge is 0.394 e. The van der Waals surface area contributed by atoms with Crippen LogP contribution in [0.1, 0.15) is 31.2 Å². The van der Waals surface area contributed by atoms with Crippen molar-refractivity contribution in [3.63, 3.8) is 0 Å². The first-order valence-electron chi connectivity index (χ1n) is 8.92. The van der Waals surface area contributed by atoms with Gasteiger partial charge >= 0.3 is 12.1 Å². The molecular weight excluding hydrogens is 363 g/mol. The van der Waals surface area contributed by atoms with Crippen molar-refractivity contribution in [2.24, 2.45) is 11.8 Å². The van der Waals surface area contributed by atoms with Crippen LogP contribution in [0.5, 0.6) is 5.75 Å². The number of hydrogen-bond acceptors (Lipinski definition) is 3. The minimum absolute atomic E-state index is 0.411. The average Bonchev–Trinajstić information content (AvgIpc) is 3.29. The van der Waals surface area contributed by atoms with Crippen molar-refractivity contribution in [1.29, 1.82) is 0 Å². The lowest BCUT2D eigenvalue weighted by molar-refractivity contribution is -0.188. The molecule has 0 aromatic heterocycles. The number of carbonyl (C=O) groups excluding carboxylic acids is 1. The molecule has 2 fully saturated rings. The lowest BCUT2D eigenvalue weighted by Crippen LogP contribution is -2.45. The number of benzene rings is 1. The minimum Gasteiger partial charge on any atom is -0.497 e. The molecule has 3 rings (SSSR count). The molecule has 1 amide bonds. The molecule has 1 aromatic rings. The molecule has 148 valence electrons. The second kappa shape index (κ2) is 7.05. The quantitative estimate of drug-likeness (QED) is 0.864. The Kier molecular flexibility index (Phi) is 5.10. The topological polar surface area (TPSA) is 66.8 Å². The van der Waals surface area contributed by atoms with Gasteiger partial charge in [-0.2, -0.15) is 13.2 Å². The highest BCUT2D eigenvalue weighted by Gasteiger charge is 2.56. The Morgan fingerprint density at radius 3 is 2.41 bits per heavy atom. The summed E-state index contributed by atoms with van der Waals surface area (Å²) >= 11 is 0. The van der Waals surface area contributed by atoms with E-state index in [0.717, 1.165) is 17.7 Å². The van der Waals surface area contributed by atoms with Crippen molar-refractivity contribution in [3.8, 4) is 5.75 Å². The minimum atomic E-state index is -4.66. The zero-order valence-corrected chi connectivity index (χ0v) is 15.0. The summed E-state index contributed by atoms with van der Waals surface area (Å²) in [6, 6.07) is 7.03. The molecule has 0 unspecified atom stereocenters. The maximum atomic E-state index is 13.3. The number of likely N-dealkylation sites (tertiary alicyclic amines) is 1. The Morgan fingerprint density at radius 1 is 1.22 bits per heavy atom. The van der Waals surface area contributed by atoms with Crippen LogP contribution in [0.3, 0.4) is 0 Å². The molecule has 1 aromatic carbocycles. The van der Waals surface area contributed by atoms with Gasteiger partial charge in [-0.15, -0.1) is 0 Å². The molecule has 27 heavy (non-hydrogen) atoms. The Hall–Kier alpha value is -2.25. The van der Waals surface area contributed by atoms with Gasteiger partial charge in [0, 0.05) is 13.1 Å². The molecule has 0 bridgehead atoms. The zero-order valence-electron chi connectivity index (χ0n) is 15.0. The Bertz CT molecular complexity index is 728. The van der Waals surface area contributed by atoms with E-state index in [1.807, 2.05) is 0 Å². The van der Waals surface area contributed by atoms with Crippen LogP contribution >= 0.6 is 0 Å². The summed E-state index contributed by atoms with van der Waals surface area (Å²) in [4.78, 5) is 25.8. The number of ether oxygens (including phenoxy) is 1. The van der Waals surface area contributed by atoms with Gasteiger partial charge in [0.2, 0.25) is 5.91 Å². The van der Waals surface area contributed by atoms with Gasteiger partial charge in [0.05, 0.1) is 24.4 Å². The van der Waals surface area contributed by atoms with Gasteiger partial charge in [-0.25, -0.2) is 0 Å². The summed E-state index contributed by atoms with van der Waals surface area (Å²) in [5.41, 5.74) is -0.204. The van der Waals surface area contributed by atoms with E-state index < -0.39 is 48.4 Å². The van der Waals surface area contributed by atoms with Crippen LogP contribution in [0, 0.1) is 11.8 Å². The molecular formula is C19H22F3NO4. The second-order valence-corrected chi connectivity index (χ2v) is 7.32. The summed E-state index contributed by atoms with van der Waals surface area (Å²) in [5, 5.41) is 9.21. The van der Waals surface area contributed by atoms with Crippen LogP contribution in [-0.4, -0.2) is 48.3 Å². The molecule has 1 saturated heterocycles. The standard InChI is InChI=1S/C19H22F3NO4/c1-27-13-6-4-5-12(9-13)18(7-2-3-8-18)17(26)23-10-14(16(24)25)15(11-23)19(20,21)22/h4-6,9,14-15H,2-3,7-8,10-11H2,1H3,(H,24,25)/t14-,15-/m1/s1. The van der Waals surface area contributed by atoms with Crippen LogP contribution in [-0.2, 0) is 15.0 Å². The highest BCUT2D eigenvalue weighted by atomic mass is 19.4. The number of methoxy groups -OCH3 is 1. The number of hydrogen-bond donors (Lipinski definition) is 1. The fraction of sp³-hybridized carbons (Fsp3) is 0.579. The third-order valence-corrected chi connectivity index (χ3v) is 5.83. The van der Waals surface area contributed by atoms with Crippen LogP contribution < -0.4 is 4.74 Å². The first kappa shape index (κ1) is 19.5. The molecule has 0 radical (unpaired) electrons. The summed E-state index contributed by atoms with van der Waals surface area (Å²) in [5.74, 6) is -5.02. The van der Waals surface area contributed by atoms with Gasteiger partial charge in [-0.1, -0.05) is 25.0 Å². The molecule has 0 spiro atoms. The van der Waals surface area contributed by atoms with Crippen LogP contribution in [0.2, 0.25) is 0 Å². The van der Waals surface area contributed by atoms with Crippen LogP contribution in [0.25, 0.3) is 0 Å². The van der Waals surface area contributed by atoms with Crippen molar-refractivity contribution in [1.82, 2.24) is 4.90 Å². The van der Waals surface area contributed by atoms with E-state index in [1.165, 1.54) is 7.11 Å². The first-order chi connectivity index (χ1) is 12.7. The third kappa shape index (κ3) is 3.49. The second-order valence-electron chi connectivity index (χ2n) is 7.32. The van der Waals surface area contributed by atoms with Crippen molar-refractivity contribution >= 4 is 11.9 Å². The van der Waals surface area contributed by atoms with E-state index in [1.54, 1.807) is 24.3 Å². The van der Waals surface area contributed by atoms with E-state index >= 15 is 0 Å². The summed E-state index contributed by atoms with van der Waals surface area (Å²) in [7, 11) is 1.51. The Labute approximate surface area is 155 Å². The SMILES string of the molecule is COc1cccc(C2(C(=O)N3C[C@@H](C(F)(F)F)[C@H](C(=O)O)C3)CCCC2)c1. The van der Waals surface area contributed by atoms with E-state index in [4.69, 9.17) is 4.74 Å². The van der Waals surface area contributed by atoms with Crippen LogP contribution in [0.15, 0.2) is 24.3 Å². The maximum Gasteiger partial charge on any atom is 0.394 e. The monoisotopic (exact) mass is 385 g/mol. The van der Waals surface area contributed by atoms with Gasteiger partial charge in [0.25, 0.3) is 0 Å². The van der Waals surface area contributed by atoms with Crippen molar-refractivity contribution < 1.29 is 32.6 Å². The van der Waals surface area contributed by atoms with E-state index in [0.29, 0.717) is 24.2 Å². The van der Waals surface area contributed by atoms with Gasteiger partial charge in [0.1, 0.15) is 5.75 Å². The highest BCUT2D eigenvalue weighted by molar-refractivity contribution is 5.89. The van der Waals surface area contributed by atoms with Crippen molar-refractivity contribution in [3.05, 3.63) is 29.8 Å². The predicted molar refractivity (Wildman–Crippen MR) is 90.4 cm³/mol. The number of carboxylic acid groups (broad SMARTS) is 1. The number of aliphatic carboxylic acids is 1. The first-order valence-corrected chi connectivity index (χ1v) is 8.92. The molecule has 1 heterocycles. The number of halogens is 3. The van der Waals surface area contributed by atoms with Gasteiger partial charge < -0.3 is 14.7 Å². The Balaban J connectivity index is 1.93. The normalized spacial score (nSPS) is 24.8. The number of amides is 1. The van der Waals surface area contributed by atoms with E-state index in [2.05, 4.69) is 0 Å². The average molecular weight is 385 g/mol.